The maximum absolute atomic E-state index is 11.6. The number of rotatable bonds is 3. The third kappa shape index (κ3) is 2.40. The molecule has 0 aromatic carbocycles. The summed E-state index contributed by atoms with van der Waals surface area (Å²) in [6.45, 7) is 1.03. The van der Waals surface area contributed by atoms with Crippen LogP contribution in [0.25, 0.3) is 0 Å². The molecule has 0 spiro atoms. The largest absolute Gasteiger partial charge is 0.386 e. The van der Waals surface area contributed by atoms with Gasteiger partial charge in [0, 0.05) is 32.8 Å². The lowest BCUT2D eigenvalue weighted by Gasteiger charge is -2.20. The summed E-state index contributed by atoms with van der Waals surface area (Å²) in [4.78, 5) is 11.6. The summed E-state index contributed by atoms with van der Waals surface area (Å²) in [7, 11) is 1.75. The van der Waals surface area contributed by atoms with Crippen molar-refractivity contribution in [3.63, 3.8) is 0 Å². The van der Waals surface area contributed by atoms with Gasteiger partial charge in [-0.05, 0) is 0 Å². The Kier molecular flexibility index (Phi) is 2.93. The molecule has 6 heteroatoms. The average molecular weight is 225 g/mol. The summed E-state index contributed by atoms with van der Waals surface area (Å²) in [5.41, 5.74) is -0.428. The second kappa shape index (κ2) is 4.23. The Bertz CT molecular complexity index is 382. The number of hydrogen-bond donors (Lipinski definition) is 2. The minimum absolute atomic E-state index is 0.209. The molecule has 0 aliphatic carbocycles. The van der Waals surface area contributed by atoms with E-state index >= 15 is 0 Å². The van der Waals surface area contributed by atoms with Gasteiger partial charge >= 0.3 is 0 Å². The van der Waals surface area contributed by atoms with Crippen molar-refractivity contribution >= 4 is 5.91 Å². The highest BCUT2D eigenvalue weighted by molar-refractivity contribution is 5.93. The first-order valence-corrected chi connectivity index (χ1v) is 5.16. The predicted molar refractivity (Wildman–Crippen MR) is 55.9 cm³/mol. The molecule has 1 aromatic heterocycles. The van der Waals surface area contributed by atoms with Gasteiger partial charge in [-0.2, -0.15) is 5.10 Å². The number of ether oxygens (including phenoxy) is 1. The van der Waals surface area contributed by atoms with Crippen molar-refractivity contribution in [2.45, 2.75) is 12.0 Å². The fourth-order valence-corrected chi connectivity index (χ4v) is 1.62. The second-order valence-corrected chi connectivity index (χ2v) is 4.11. The maximum atomic E-state index is 11.6. The summed E-state index contributed by atoms with van der Waals surface area (Å²) in [6, 6.07) is 0. The van der Waals surface area contributed by atoms with E-state index in [1.807, 2.05) is 0 Å². The van der Waals surface area contributed by atoms with Crippen LogP contribution in [0.4, 0.5) is 0 Å². The Morgan fingerprint density at radius 2 is 2.62 bits per heavy atom. The number of aliphatic hydroxyl groups is 1. The molecule has 0 bridgehead atoms. The van der Waals surface area contributed by atoms with E-state index in [2.05, 4.69) is 10.4 Å². The fraction of sp³-hybridized carbons (Fsp3) is 0.600. The van der Waals surface area contributed by atoms with Crippen LogP contribution in [0.3, 0.4) is 0 Å². The minimum Gasteiger partial charge on any atom is -0.386 e. The fourth-order valence-electron chi connectivity index (χ4n) is 1.62. The first kappa shape index (κ1) is 11.1. The Hall–Kier alpha value is -1.40. The van der Waals surface area contributed by atoms with E-state index in [0.717, 1.165) is 0 Å². The zero-order valence-corrected chi connectivity index (χ0v) is 9.14. The van der Waals surface area contributed by atoms with Gasteiger partial charge in [0.25, 0.3) is 5.91 Å². The molecule has 1 unspecified atom stereocenters. The van der Waals surface area contributed by atoms with E-state index in [4.69, 9.17) is 4.74 Å². The van der Waals surface area contributed by atoms with E-state index in [0.29, 0.717) is 18.6 Å². The lowest BCUT2D eigenvalue weighted by molar-refractivity contribution is 0.0264. The van der Waals surface area contributed by atoms with Crippen molar-refractivity contribution in [3.05, 3.63) is 18.0 Å². The quantitative estimate of drug-likeness (QED) is 0.713. The van der Waals surface area contributed by atoms with Gasteiger partial charge in [-0.25, -0.2) is 0 Å². The van der Waals surface area contributed by atoms with Crippen LogP contribution in [-0.4, -0.2) is 46.2 Å². The molecule has 1 aromatic rings. The molecular weight excluding hydrogens is 210 g/mol. The number of nitrogens with one attached hydrogen (secondary N) is 1. The SMILES string of the molecule is Cn1cc(C(=O)NCC2(O)CCOC2)cn1. The van der Waals surface area contributed by atoms with E-state index < -0.39 is 5.60 Å². The highest BCUT2D eigenvalue weighted by Crippen LogP contribution is 2.16. The molecule has 1 saturated heterocycles. The lowest BCUT2D eigenvalue weighted by atomic mass is 10.0. The van der Waals surface area contributed by atoms with Crippen LogP contribution in [0.2, 0.25) is 0 Å². The normalized spacial score (nSPS) is 24.6. The summed E-state index contributed by atoms with van der Waals surface area (Å²) >= 11 is 0. The van der Waals surface area contributed by atoms with Gasteiger partial charge in [-0.15, -0.1) is 0 Å². The molecule has 2 heterocycles. The van der Waals surface area contributed by atoms with E-state index in [-0.39, 0.29) is 19.1 Å². The Labute approximate surface area is 93.2 Å². The molecule has 0 saturated carbocycles. The Morgan fingerprint density at radius 1 is 1.81 bits per heavy atom. The van der Waals surface area contributed by atoms with Gasteiger partial charge in [0.1, 0.15) is 5.60 Å². The third-order valence-electron chi connectivity index (χ3n) is 2.63. The standard InChI is InChI=1S/C10H15N3O3/c1-13-5-8(4-12-13)9(14)11-6-10(15)2-3-16-7-10/h4-5,15H,2-3,6-7H2,1H3,(H,11,14). The first-order chi connectivity index (χ1) is 7.59. The highest BCUT2D eigenvalue weighted by Gasteiger charge is 2.32. The van der Waals surface area contributed by atoms with Crippen molar-refractivity contribution in [1.29, 1.82) is 0 Å². The van der Waals surface area contributed by atoms with Crippen molar-refractivity contribution in [1.82, 2.24) is 15.1 Å². The molecule has 1 aliphatic heterocycles. The van der Waals surface area contributed by atoms with Crippen LogP contribution in [0.1, 0.15) is 16.8 Å². The third-order valence-corrected chi connectivity index (χ3v) is 2.63. The summed E-state index contributed by atoms with van der Waals surface area (Å²) in [5, 5.41) is 16.5. The number of aryl methyl sites for hydroxylation is 1. The van der Waals surface area contributed by atoms with Crippen molar-refractivity contribution in [2.75, 3.05) is 19.8 Å². The molecule has 6 nitrogen and oxygen atoms in total. The van der Waals surface area contributed by atoms with Crippen LogP contribution in [0, 0.1) is 0 Å². The van der Waals surface area contributed by atoms with Crippen molar-refractivity contribution in [2.24, 2.45) is 7.05 Å². The zero-order valence-electron chi connectivity index (χ0n) is 9.14. The number of amides is 1. The highest BCUT2D eigenvalue weighted by atomic mass is 16.5. The molecular formula is C10H15N3O3. The summed E-state index contributed by atoms with van der Waals surface area (Å²) in [6.07, 6.45) is 3.68. The van der Waals surface area contributed by atoms with Crippen LogP contribution in [-0.2, 0) is 11.8 Å². The summed E-state index contributed by atoms with van der Waals surface area (Å²) < 4.78 is 6.64. The van der Waals surface area contributed by atoms with Gasteiger partial charge in [0.2, 0.25) is 0 Å². The molecule has 1 amide bonds. The average Bonchev–Trinajstić information content (AvgIpc) is 2.85. The van der Waals surface area contributed by atoms with Crippen LogP contribution < -0.4 is 5.32 Å². The van der Waals surface area contributed by atoms with Gasteiger partial charge in [0.05, 0.1) is 18.4 Å². The molecule has 1 atom stereocenters. The van der Waals surface area contributed by atoms with Crippen LogP contribution in [0.15, 0.2) is 12.4 Å². The lowest BCUT2D eigenvalue weighted by Crippen LogP contribution is -2.43. The van der Waals surface area contributed by atoms with Crippen LogP contribution in [0.5, 0.6) is 0 Å². The molecule has 0 radical (unpaired) electrons. The van der Waals surface area contributed by atoms with Gasteiger partial charge in [-0.1, -0.05) is 0 Å². The van der Waals surface area contributed by atoms with E-state index in [9.17, 15) is 9.90 Å². The van der Waals surface area contributed by atoms with E-state index in [1.54, 1.807) is 17.9 Å². The Morgan fingerprint density at radius 3 is 3.19 bits per heavy atom. The predicted octanol–water partition coefficient (Wildman–Crippen LogP) is -0.699. The molecule has 1 fully saturated rings. The van der Waals surface area contributed by atoms with Crippen molar-refractivity contribution < 1.29 is 14.6 Å². The van der Waals surface area contributed by atoms with Gasteiger partial charge in [-0.3, -0.25) is 9.48 Å². The summed E-state index contributed by atoms with van der Waals surface area (Å²) in [5.74, 6) is -0.228. The maximum Gasteiger partial charge on any atom is 0.254 e. The molecule has 1 aliphatic rings. The number of hydrogen-bond acceptors (Lipinski definition) is 4. The topological polar surface area (TPSA) is 76.4 Å². The minimum atomic E-state index is -0.919. The molecule has 2 rings (SSSR count). The molecule has 88 valence electrons. The molecule has 2 N–H and O–H groups in total. The second-order valence-electron chi connectivity index (χ2n) is 4.11. The number of aromatic nitrogens is 2. The van der Waals surface area contributed by atoms with Crippen LogP contribution >= 0.6 is 0 Å². The molecule has 16 heavy (non-hydrogen) atoms. The van der Waals surface area contributed by atoms with Gasteiger partial charge in [0.15, 0.2) is 0 Å². The first-order valence-electron chi connectivity index (χ1n) is 5.16. The number of nitrogens with zero attached hydrogens (tertiary/aromatic N) is 2. The zero-order chi connectivity index (χ0) is 11.6. The number of carbonyl (C=O) groups excluding carboxylic acids is 1. The van der Waals surface area contributed by atoms with Gasteiger partial charge < -0.3 is 15.2 Å². The van der Waals surface area contributed by atoms with E-state index in [1.165, 1.54) is 6.20 Å². The smallest absolute Gasteiger partial charge is 0.254 e. The number of carbonyl (C=O) groups is 1. The van der Waals surface area contributed by atoms with Crippen molar-refractivity contribution in [3.8, 4) is 0 Å². The monoisotopic (exact) mass is 225 g/mol. The Balaban J connectivity index is 1.88.